The largest absolute Gasteiger partial charge is 0.378 e. The SMILES string of the molecule is CCCNc1nc(C)cc(Nc2ccccc2N2CCOCC2)n1. The maximum atomic E-state index is 5.46. The van der Waals surface area contributed by atoms with Gasteiger partial charge in [0.15, 0.2) is 0 Å². The summed E-state index contributed by atoms with van der Waals surface area (Å²) in [6.45, 7) is 8.33. The first-order chi connectivity index (χ1) is 11.8. The van der Waals surface area contributed by atoms with Crippen LogP contribution in [0.5, 0.6) is 0 Å². The zero-order chi connectivity index (χ0) is 16.8. The van der Waals surface area contributed by atoms with Crippen LogP contribution in [0, 0.1) is 6.92 Å². The highest BCUT2D eigenvalue weighted by atomic mass is 16.5. The number of aryl methyl sites for hydroxylation is 1. The fraction of sp³-hybridized carbons (Fsp3) is 0.444. The van der Waals surface area contributed by atoms with Crippen molar-refractivity contribution < 1.29 is 4.74 Å². The molecule has 0 unspecified atom stereocenters. The summed E-state index contributed by atoms with van der Waals surface area (Å²) in [5.74, 6) is 1.48. The van der Waals surface area contributed by atoms with Gasteiger partial charge in [0.1, 0.15) is 5.82 Å². The van der Waals surface area contributed by atoms with Crippen LogP contribution < -0.4 is 15.5 Å². The lowest BCUT2D eigenvalue weighted by atomic mass is 10.2. The van der Waals surface area contributed by atoms with Crippen LogP contribution in [0.15, 0.2) is 30.3 Å². The van der Waals surface area contributed by atoms with Gasteiger partial charge in [0, 0.05) is 31.4 Å². The van der Waals surface area contributed by atoms with Crippen molar-refractivity contribution in [2.75, 3.05) is 48.4 Å². The average molecular weight is 327 g/mol. The van der Waals surface area contributed by atoms with Crippen molar-refractivity contribution in [3.63, 3.8) is 0 Å². The fourth-order valence-electron chi connectivity index (χ4n) is 2.75. The average Bonchev–Trinajstić information content (AvgIpc) is 2.61. The van der Waals surface area contributed by atoms with Crippen molar-refractivity contribution in [2.24, 2.45) is 0 Å². The van der Waals surface area contributed by atoms with Crippen molar-refractivity contribution in [1.82, 2.24) is 9.97 Å². The summed E-state index contributed by atoms with van der Waals surface area (Å²) in [4.78, 5) is 11.4. The summed E-state index contributed by atoms with van der Waals surface area (Å²) in [6.07, 6.45) is 1.04. The summed E-state index contributed by atoms with van der Waals surface area (Å²) >= 11 is 0. The Labute approximate surface area is 143 Å². The predicted octanol–water partition coefficient (Wildman–Crippen LogP) is 3.19. The van der Waals surface area contributed by atoms with Crippen molar-refractivity contribution in [1.29, 1.82) is 0 Å². The molecule has 0 bridgehead atoms. The van der Waals surface area contributed by atoms with E-state index in [2.05, 4.69) is 50.6 Å². The Morgan fingerprint density at radius 1 is 1.17 bits per heavy atom. The second-order valence-corrected chi connectivity index (χ2v) is 5.89. The van der Waals surface area contributed by atoms with Gasteiger partial charge in [-0.15, -0.1) is 0 Å². The molecule has 0 radical (unpaired) electrons. The Balaban J connectivity index is 1.82. The Morgan fingerprint density at radius 2 is 1.96 bits per heavy atom. The molecule has 0 amide bonds. The minimum atomic E-state index is 0.670. The van der Waals surface area contributed by atoms with Gasteiger partial charge in [-0.2, -0.15) is 4.98 Å². The first kappa shape index (κ1) is 16.5. The third-order valence-corrected chi connectivity index (χ3v) is 3.91. The minimum absolute atomic E-state index is 0.670. The zero-order valence-corrected chi connectivity index (χ0v) is 14.4. The van der Waals surface area contributed by atoms with E-state index < -0.39 is 0 Å². The van der Waals surface area contributed by atoms with Crippen LogP contribution in [0.4, 0.5) is 23.1 Å². The number of hydrogen-bond donors (Lipinski definition) is 2. The van der Waals surface area contributed by atoms with E-state index in [-0.39, 0.29) is 0 Å². The molecule has 1 aromatic carbocycles. The van der Waals surface area contributed by atoms with Crippen molar-refractivity contribution in [2.45, 2.75) is 20.3 Å². The molecular formula is C18H25N5O. The second-order valence-electron chi connectivity index (χ2n) is 5.89. The molecule has 1 aliphatic heterocycles. The van der Waals surface area contributed by atoms with Gasteiger partial charge in [-0.05, 0) is 25.5 Å². The molecule has 1 fully saturated rings. The number of benzene rings is 1. The Kier molecular flexibility index (Phi) is 5.48. The standard InChI is InChI=1S/C18H25N5O/c1-3-8-19-18-20-14(2)13-17(22-18)21-15-6-4-5-7-16(15)23-9-11-24-12-10-23/h4-7,13H,3,8-12H2,1-2H3,(H2,19,20,21,22). The normalized spacial score (nSPS) is 14.5. The van der Waals surface area contributed by atoms with Crippen LogP contribution in [0.3, 0.4) is 0 Å². The van der Waals surface area contributed by atoms with Gasteiger partial charge in [0.2, 0.25) is 5.95 Å². The molecule has 1 aliphatic rings. The van der Waals surface area contributed by atoms with Crippen molar-refractivity contribution in [3.05, 3.63) is 36.0 Å². The molecule has 6 heteroatoms. The fourth-order valence-corrected chi connectivity index (χ4v) is 2.75. The molecule has 2 aromatic rings. The van der Waals surface area contributed by atoms with Gasteiger partial charge in [0.25, 0.3) is 0 Å². The molecule has 0 saturated carbocycles. The van der Waals surface area contributed by atoms with Gasteiger partial charge in [0.05, 0.1) is 24.6 Å². The Bertz CT molecular complexity index is 670. The van der Waals surface area contributed by atoms with Gasteiger partial charge in [-0.25, -0.2) is 4.98 Å². The second kappa shape index (κ2) is 7.97. The zero-order valence-electron chi connectivity index (χ0n) is 14.4. The number of nitrogens with zero attached hydrogens (tertiary/aromatic N) is 3. The maximum Gasteiger partial charge on any atom is 0.224 e. The quantitative estimate of drug-likeness (QED) is 0.850. The third kappa shape index (κ3) is 4.14. The minimum Gasteiger partial charge on any atom is -0.378 e. The van der Waals surface area contributed by atoms with Crippen LogP contribution in [0.25, 0.3) is 0 Å². The Morgan fingerprint density at radius 3 is 2.75 bits per heavy atom. The summed E-state index contributed by atoms with van der Waals surface area (Å²) in [5.41, 5.74) is 3.18. The van der Waals surface area contributed by atoms with Gasteiger partial charge in [-0.3, -0.25) is 0 Å². The van der Waals surface area contributed by atoms with Crippen LogP contribution in [-0.2, 0) is 4.74 Å². The summed E-state index contributed by atoms with van der Waals surface area (Å²) in [7, 11) is 0. The molecule has 0 spiro atoms. The van der Waals surface area contributed by atoms with E-state index in [1.807, 2.05) is 19.1 Å². The lowest BCUT2D eigenvalue weighted by Crippen LogP contribution is -2.36. The van der Waals surface area contributed by atoms with Gasteiger partial charge in [-0.1, -0.05) is 19.1 Å². The number of hydrogen-bond acceptors (Lipinski definition) is 6. The Hall–Kier alpha value is -2.34. The molecule has 24 heavy (non-hydrogen) atoms. The van der Waals surface area contributed by atoms with E-state index in [0.717, 1.165) is 56.5 Å². The number of rotatable bonds is 6. The molecule has 1 saturated heterocycles. The highest BCUT2D eigenvalue weighted by molar-refractivity contribution is 5.74. The number of morpholine rings is 1. The molecule has 128 valence electrons. The third-order valence-electron chi connectivity index (χ3n) is 3.91. The van der Waals surface area contributed by atoms with E-state index in [1.165, 1.54) is 5.69 Å². The lowest BCUT2D eigenvalue weighted by molar-refractivity contribution is 0.123. The first-order valence-corrected chi connectivity index (χ1v) is 8.54. The number of aromatic nitrogens is 2. The summed E-state index contributed by atoms with van der Waals surface area (Å²) < 4.78 is 5.46. The lowest BCUT2D eigenvalue weighted by Gasteiger charge is -2.30. The topological polar surface area (TPSA) is 62.3 Å². The number of anilines is 4. The molecule has 6 nitrogen and oxygen atoms in total. The van der Waals surface area contributed by atoms with E-state index >= 15 is 0 Å². The van der Waals surface area contributed by atoms with Gasteiger partial charge < -0.3 is 20.3 Å². The number of nitrogens with one attached hydrogen (secondary N) is 2. The highest BCUT2D eigenvalue weighted by Gasteiger charge is 2.15. The number of para-hydroxylation sites is 2. The van der Waals surface area contributed by atoms with Crippen molar-refractivity contribution in [3.8, 4) is 0 Å². The molecule has 0 aliphatic carbocycles. The molecular weight excluding hydrogens is 302 g/mol. The van der Waals surface area contributed by atoms with Crippen LogP contribution in [-0.4, -0.2) is 42.8 Å². The smallest absolute Gasteiger partial charge is 0.224 e. The molecule has 1 aromatic heterocycles. The molecule has 2 heterocycles. The van der Waals surface area contributed by atoms with E-state index in [0.29, 0.717) is 5.95 Å². The van der Waals surface area contributed by atoms with Crippen LogP contribution >= 0.6 is 0 Å². The monoisotopic (exact) mass is 327 g/mol. The molecule has 2 N–H and O–H groups in total. The van der Waals surface area contributed by atoms with Crippen LogP contribution in [0.1, 0.15) is 19.0 Å². The van der Waals surface area contributed by atoms with E-state index in [4.69, 9.17) is 4.74 Å². The van der Waals surface area contributed by atoms with E-state index in [1.54, 1.807) is 0 Å². The predicted molar refractivity (Wildman–Crippen MR) is 98.3 cm³/mol. The summed E-state index contributed by atoms with van der Waals surface area (Å²) in [5, 5.41) is 6.70. The summed E-state index contributed by atoms with van der Waals surface area (Å²) in [6, 6.07) is 10.3. The van der Waals surface area contributed by atoms with Crippen molar-refractivity contribution >= 4 is 23.1 Å². The highest BCUT2D eigenvalue weighted by Crippen LogP contribution is 2.29. The first-order valence-electron chi connectivity index (χ1n) is 8.54. The maximum absolute atomic E-state index is 5.46. The molecule has 0 atom stereocenters. The van der Waals surface area contributed by atoms with Gasteiger partial charge >= 0.3 is 0 Å². The van der Waals surface area contributed by atoms with Crippen LogP contribution in [0.2, 0.25) is 0 Å². The van der Waals surface area contributed by atoms with E-state index in [9.17, 15) is 0 Å². The molecule has 3 rings (SSSR count). The number of ether oxygens (including phenoxy) is 1.